The number of aromatic nitrogens is 1. The fourth-order valence-electron chi connectivity index (χ4n) is 2.40. The number of pyridine rings is 1. The summed E-state index contributed by atoms with van der Waals surface area (Å²) in [5, 5.41) is 2.81. The molecule has 0 bridgehead atoms. The highest BCUT2D eigenvalue weighted by molar-refractivity contribution is 7.91. The van der Waals surface area contributed by atoms with Crippen molar-refractivity contribution >= 4 is 15.7 Å². The molecule has 1 fully saturated rings. The predicted octanol–water partition coefficient (Wildman–Crippen LogP) is 1.10. The normalized spacial score (nSPS) is 23.8. The van der Waals surface area contributed by atoms with E-state index < -0.39 is 15.4 Å². The summed E-state index contributed by atoms with van der Waals surface area (Å²) in [6.07, 6.45) is 0.421. The lowest BCUT2D eigenvalue weighted by Crippen LogP contribution is -2.47. The van der Waals surface area contributed by atoms with Gasteiger partial charge in [-0.15, -0.1) is 0 Å². The highest BCUT2D eigenvalue weighted by Crippen LogP contribution is 2.24. The van der Waals surface area contributed by atoms with Crippen molar-refractivity contribution in [3.63, 3.8) is 0 Å². The van der Waals surface area contributed by atoms with Crippen LogP contribution in [0.3, 0.4) is 0 Å². The minimum Gasteiger partial charge on any atom is -0.477 e. The Morgan fingerprint density at radius 1 is 1.48 bits per heavy atom. The molecule has 1 unspecified atom stereocenters. The zero-order valence-corrected chi connectivity index (χ0v) is 13.3. The van der Waals surface area contributed by atoms with E-state index in [1.54, 1.807) is 19.1 Å². The monoisotopic (exact) mass is 312 g/mol. The molecule has 1 aromatic rings. The van der Waals surface area contributed by atoms with Gasteiger partial charge in [-0.1, -0.05) is 0 Å². The topological polar surface area (TPSA) is 85.4 Å². The summed E-state index contributed by atoms with van der Waals surface area (Å²) in [7, 11) is -3.07. The van der Waals surface area contributed by atoms with Crippen LogP contribution in [0.25, 0.3) is 0 Å². The van der Waals surface area contributed by atoms with Gasteiger partial charge in [-0.25, -0.2) is 13.4 Å². The second-order valence-electron chi connectivity index (χ2n) is 5.60. The Bertz CT molecular complexity index is 657. The smallest absolute Gasteiger partial charge is 0.257 e. The van der Waals surface area contributed by atoms with Crippen LogP contribution in [0.15, 0.2) is 12.1 Å². The molecule has 1 N–H and O–H groups in total. The number of ether oxygens (including phenoxy) is 1. The largest absolute Gasteiger partial charge is 0.477 e. The maximum Gasteiger partial charge on any atom is 0.257 e. The van der Waals surface area contributed by atoms with E-state index in [1.807, 2.05) is 13.8 Å². The summed E-state index contributed by atoms with van der Waals surface area (Å²) < 4.78 is 28.6. The van der Waals surface area contributed by atoms with Crippen LogP contribution in [0.1, 0.15) is 36.3 Å². The van der Waals surface area contributed by atoms with Gasteiger partial charge in [0.05, 0.1) is 23.7 Å². The van der Waals surface area contributed by atoms with Crippen LogP contribution in [-0.2, 0) is 9.84 Å². The number of hydrogen-bond acceptors (Lipinski definition) is 5. The fourth-order valence-corrected chi connectivity index (χ4v) is 4.50. The number of amides is 1. The van der Waals surface area contributed by atoms with Crippen LogP contribution in [0.2, 0.25) is 0 Å². The fraction of sp³-hybridized carbons (Fsp3) is 0.571. The highest BCUT2D eigenvalue weighted by Gasteiger charge is 2.39. The molecular weight excluding hydrogens is 292 g/mol. The molecule has 2 heterocycles. The number of aryl methyl sites for hydroxylation is 1. The molecule has 1 aliphatic heterocycles. The Labute approximate surface area is 124 Å². The van der Waals surface area contributed by atoms with Gasteiger partial charge in [-0.05, 0) is 39.3 Å². The molecule has 6 nitrogen and oxygen atoms in total. The number of sulfone groups is 1. The van der Waals surface area contributed by atoms with Crippen LogP contribution in [0.5, 0.6) is 5.88 Å². The van der Waals surface area contributed by atoms with E-state index >= 15 is 0 Å². The summed E-state index contributed by atoms with van der Waals surface area (Å²) in [5.74, 6) is -0.00604. The van der Waals surface area contributed by atoms with Gasteiger partial charge >= 0.3 is 0 Å². The summed E-state index contributed by atoms with van der Waals surface area (Å²) >= 11 is 0. The van der Waals surface area contributed by atoms with Crippen molar-refractivity contribution in [3.05, 3.63) is 23.4 Å². The number of carbonyl (C=O) groups excluding carboxylic acids is 1. The van der Waals surface area contributed by atoms with Gasteiger partial charge in [0.2, 0.25) is 5.88 Å². The Morgan fingerprint density at radius 3 is 2.76 bits per heavy atom. The van der Waals surface area contributed by atoms with Crippen molar-refractivity contribution in [1.29, 1.82) is 0 Å². The van der Waals surface area contributed by atoms with E-state index in [0.29, 0.717) is 18.6 Å². The third-order valence-electron chi connectivity index (χ3n) is 3.44. The number of carbonyl (C=O) groups is 1. The summed E-state index contributed by atoms with van der Waals surface area (Å²) in [6, 6.07) is 3.38. The van der Waals surface area contributed by atoms with Gasteiger partial charge < -0.3 is 10.1 Å². The number of hydrogen-bond donors (Lipinski definition) is 1. The van der Waals surface area contributed by atoms with Gasteiger partial charge in [0.1, 0.15) is 5.56 Å². The molecule has 0 spiro atoms. The van der Waals surface area contributed by atoms with Crippen molar-refractivity contribution in [2.45, 2.75) is 32.7 Å². The second-order valence-corrected chi connectivity index (χ2v) is 7.78. The van der Waals surface area contributed by atoms with E-state index in [1.165, 1.54) is 0 Å². The Hall–Kier alpha value is -1.63. The first kappa shape index (κ1) is 15.8. The highest BCUT2D eigenvalue weighted by atomic mass is 32.2. The minimum atomic E-state index is -3.07. The lowest BCUT2D eigenvalue weighted by Gasteiger charge is -2.24. The van der Waals surface area contributed by atoms with Crippen LogP contribution < -0.4 is 10.1 Å². The molecule has 0 aromatic carbocycles. The van der Waals surface area contributed by atoms with Crippen LogP contribution in [0, 0.1) is 6.92 Å². The maximum atomic E-state index is 12.4. The summed E-state index contributed by atoms with van der Waals surface area (Å²) in [4.78, 5) is 16.6. The number of nitrogens with one attached hydrogen (secondary N) is 1. The zero-order valence-electron chi connectivity index (χ0n) is 12.5. The maximum absolute atomic E-state index is 12.4. The van der Waals surface area contributed by atoms with Gasteiger partial charge in [-0.3, -0.25) is 4.79 Å². The minimum absolute atomic E-state index is 0.0327. The molecule has 0 aliphatic carbocycles. The quantitative estimate of drug-likeness (QED) is 0.899. The first-order valence-electron chi connectivity index (χ1n) is 6.88. The molecular formula is C14H20N2O4S. The van der Waals surface area contributed by atoms with E-state index in [9.17, 15) is 13.2 Å². The average molecular weight is 312 g/mol. The van der Waals surface area contributed by atoms with E-state index in [2.05, 4.69) is 10.3 Å². The molecule has 1 aromatic heterocycles. The molecule has 116 valence electrons. The summed E-state index contributed by atoms with van der Waals surface area (Å²) in [6.45, 7) is 5.78. The third-order valence-corrected chi connectivity index (χ3v) is 5.35. The molecule has 2 rings (SSSR count). The van der Waals surface area contributed by atoms with Crippen molar-refractivity contribution < 1.29 is 17.9 Å². The Kier molecular flexibility index (Phi) is 4.22. The summed E-state index contributed by atoms with van der Waals surface area (Å²) in [5.41, 5.74) is 0.349. The Morgan fingerprint density at radius 2 is 2.19 bits per heavy atom. The van der Waals surface area contributed by atoms with E-state index in [0.717, 1.165) is 5.69 Å². The molecule has 1 saturated heterocycles. The average Bonchev–Trinajstić information content (AvgIpc) is 2.63. The molecule has 0 saturated carbocycles. The molecule has 0 radical (unpaired) electrons. The lowest BCUT2D eigenvalue weighted by atomic mass is 10.0. The molecule has 7 heteroatoms. The number of rotatable bonds is 4. The molecule has 21 heavy (non-hydrogen) atoms. The van der Waals surface area contributed by atoms with Crippen molar-refractivity contribution in [3.8, 4) is 5.88 Å². The lowest BCUT2D eigenvalue weighted by molar-refractivity contribution is 0.0910. The van der Waals surface area contributed by atoms with Gasteiger partial charge in [0.15, 0.2) is 9.84 Å². The number of nitrogens with zero attached hydrogens (tertiary/aromatic N) is 1. The predicted molar refractivity (Wildman–Crippen MR) is 79.3 cm³/mol. The van der Waals surface area contributed by atoms with Gasteiger partial charge in [0.25, 0.3) is 5.91 Å². The third kappa shape index (κ3) is 3.72. The standard InChI is InChI=1S/C14H20N2O4S/c1-4-20-13-11(6-5-10(2)15-13)12(17)16-14(3)7-8-21(18,19)9-14/h5-6H,4,7-9H2,1-3H3,(H,16,17). The van der Waals surface area contributed by atoms with Crippen LogP contribution >= 0.6 is 0 Å². The van der Waals surface area contributed by atoms with E-state index in [4.69, 9.17) is 4.74 Å². The van der Waals surface area contributed by atoms with Gasteiger partial charge in [-0.2, -0.15) is 0 Å². The van der Waals surface area contributed by atoms with Crippen molar-refractivity contribution in [2.75, 3.05) is 18.1 Å². The van der Waals surface area contributed by atoms with Crippen LogP contribution in [-0.4, -0.2) is 43.0 Å². The molecule has 1 aliphatic rings. The molecule has 1 atom stereocenters. The van der Waals surface area contributed by atoms with Crippen LogP contribution in [0.4, 0.5) is 0 Å². The zero-order chi connectivity index (χ0) is 15.7. The SMILES string of the molecule is CCOc1nc(C)ccc1C(=O)NC1(C)CCS(=O)(=O)C1. The first-order chi connectivity index (χ1) is 9.75. The second kappa shape index (κ2) is 5.63. The van der Waals surface area contributed by atoms with E-state index in [-0.39, 0.29) is 23.3 Å². The van der Waals surface area contributed by atoms with Gasteiger partial charge in [0, 0.05) is 5.69 Å². The van der Waals surface area contributed by atoms with Crippen molar-refractivity contribution in [1.82, 2.24) is 10.3 Å². The first-order valence-corrected chi connectivity index (χ1v) is 8.70. The van der Waals surface area contributed by atoms with Crippen molar-refractivity contribution in [2.24, 2.45) is 0 Å². The Balaban J connectivity index is 2.21. The molecule has 1 amide bonds.